The summed E-state index contributed by atoms with van der Waals surface area (Å²) >= 11 is 0. The zero-order valence-electron chi connectivity index (χ0n) is 19.8. The summed E-state index contributed by atoms with van der Waals surface area (Å²) in [5.74, 6) is -0.392. The molecule has 180 valence electrons. The van der Waals surface area contributed by atoms with Crippen LogP contribution in [0.2, 0.25) is 0 Å². The molecule has 3 aromatic rings. The van der Waals surface area contributed by atoms with Crippen LogP contribution in [0.15, 0.2) is 59.0 Å². The fourth-order valence-electron chi connectivity index (χ4n) is 4.68. The fourth-order valence-corrected chi connectivity index (χ4v) is 5.13. The molecule has 0 bridgehead atoms. The molecule has 2 atom stereocenters. The molecule has 2 unspecified atom stereocenters. The van der Waals surface area contributed by atoms with Crippen LogP contribution in [-0.2, 0) is 4.74 Å². The largest absolute Gasteiger partial charge is 0.382 e. The second-order valence-corrected chi connectivity index (χ2v) is 9.54. The van der Waals surface area contributed by atoms with Crippen molar-refractivity contribution in [3.05, 3.63) is 71.0 Å². The van der Waals surface area contributed by atoms with Crippen molar-refractivity contribution in [3.63, 3.8) is 0 Å². The van der Waals surface area contributed by atoms with Crippen molar-refractivity contribution in [2.45, 2.75) is 26.4 Å². The van der Waals surface area contributed by atoms with Crippen molar-refractivity contribution in [2.24, 2.45) is 4.99 Å². The van der Waals surface area contributed by atoms with Crippen molar-refractivity contribution in [3.8, 4) is 11.3 Å². The van der Waals surface area contributed by atoms with Gasteiger partial charge >= 0.3 is 0 Å². The number of aliphatic imine (C=N–C) groups is 1. The van der Waals surface area contributed by atoms with Gasteiger partial charge in [-0.1, -0.05) is 6.08 Å². The highest BCUT2D eigenvalue weighted by Gasteiger charge is 2.23. The summed E-state index contributed by atoms with van der Waals surface area (Å²) in [4.78, 5) is 15.7. The molecule has 2 aliphatic rings. The Kier molecular flexibility index (Phi) is 6.74. The number of aromatic nitrogens is 2. The molecule has 0 aliphatic carbocycles. The lowest BCUT2D eigenvalue weighted by atomic mass is 9.94. The van der Waals surface area contributed by atoms with E-state index < -0.39 is 11.9 Å². The number of nitrogens with zero attached hydrogens (tertiary/aromatic N) is 4. The predicted molar refractivity (Wildman–Crippen MR) is 142 cm³/mol. The lowest BCUT2D eigenvalue weighted by Crippen LogP contribution is -2.36. The van der Waals surface area contributed by atoms with Crippen LogP contribution in [0.4, 0.5) is 10.1 Å². The normalized spacial score (nSPS) is 17.2. The van der Waals surface area contributed by atoms with Gasteiger partial charge in [0.05, 0.1) is 30.1 Å². The molecular weight excluding hydrogens is 462 g/mol. The Hall–Kier alpha value is -2.99. The summed E-state index contributed by atoms with van der Waals surface area (Å²) in [6, 6.07) is 7.24. The van der Waals surface area contributed by atoms with Crippen LogP contribution in [0.25, 0.3) is 22.2 Å². The SMILES string of the molecule is CC1=C(C(O)c2cc(-c3ncnc4cc(N5CCOCC5)cc(P)c34)c(F)cc2C)N=CC=CC1. The highest BCUT2D eigenvalue weighted by molar-refractivity contribution is 7.28. The molecular formula is C27H28FN4O2P. The Balaban J connectivity index is 1.62. The summed E-state index contributed by atoms with van der Waals surface area (Å²) in [6.45, 7) is 6.76. The van der Waals surface area contributed by atoms with Crippen molar-refractivity contribution in [1.82, 2.24) is 9.97 Å². The molecule has 2 aliphatic heterocycles. The number of allylic oxidation sites excluding steroid dienone is 3. The molecule has 1 aromatic heterocycles. The molecule has 2 aromatic carbocycles. The van der Waals surface area contributed by atoms with E-state index in [9.17, 15) is 5.11 Å². The van der Waals surface area contributed by atoms with Crippen molar-refractivity contribution < 1.29 is 14.2 Å². The fraction of sp³-hybridized carbons (Fsp3) is 0.296. The number of anilines is 1. The average molecular weight is 491 g/mol. The molecule has 0 amide bonds. The monoisotopic (exact) mass is 490 g/mol. The highest BCUT2D eigenvalue weighted by atomic mass is 31.0. The highest BCUT2D eigenvalue weighted by Crippen LogP contribution is 2.36. The van der Waals surface area contributed by atoms with E-state index in [0.717, 1.165) is 40.6 Å². The quantitative estimate of drug-likeness (QED) is 0.549. The average Bonchev–Trinajstić information content (AvgIpc) is 3.08. The van der Waals surface area contributed by atoms with Gasteiger partial charge in [0.2, 0.25) is 0 Å². The Labute approximate surface area is 206 Å². The lowest BCUT2D eigenvalue weighted by molar-refractivity contribution is 0.122. The van der Waals surface area contributed by atoms with Gasteiger partial charge in [-0.05, 0) is 72.6 Å². The number of aliphatic hydroxyl groups is 1. The van der Waals surface area contributed by atoms with Crippen LogP contribution in [0.5, 0.6) is 0 Å². The number of halogens is 1. The van der Waals surface area contributed by atoms with E-state index in [4.69, 9.17) is 4.74 Å². The van der Waals surface area contributed by atoms with Crippen molar-refractivity contribution in [1.29, 1.82) is 0 Å². The van der Waals surface area contributed by atoms with E-state index in [1.807, 2.05) is 25.1 Å². The van der Waals surface area contributed by atoms with Gasteiger partial charge in [0.25, 0.3) is 0 Å². The van der Waals surface area contributed by atoms with E-state index in [2.05, 4.69) is 35.2 Å². The van der Waals surface area contributed by atoms with Crippen molar-refractivity contribution in [2.75, 3.05) is 31.2 Å². The Morgan fingerprint density at radius 3 is 2.71 bits per heavy atom. The molecule has 0 radical (unpaired) electrons. The van der Waals surface area contributed by atoms with Gasteiger partial charge in [0.15, 0.2) is 0 Å². The van der Waals surface area contributed by atoms with E-state index >= 15 is 4.39 Å². The number of aliphatic hydroxyl groups excluding tert-OH is 1. The van der Waals surface area contributed by atoms with Crippen LogP contribution >= 0.6 is 9.24 Å². The molecule has 1 fully saturated rings. The zero-order valence-corrected chi connectivity index (χ0v) is 21.0. The second kappa shape index (κ2) is 9.94. The summed E-state index contributed by atoms with van der Waals surface area (Å²) in [6.07, 6.45) is 6.75. The van der Waals surface area contributed by atoms with E-state index in [-0.39, 0.29) is 0 Å². The minimum absolute atomic E-state index is 0.328. The molecule has 1 N–H and O–H groups in total. The molecule has 6 nitrogen and oxygen atoms in total. The first kappa shape index (κ1) is 23.7. The molecule has 0 saturated carbocycles. The summed E-state index contributed by atoms with van der Waals surface area (Å²) < 4.78 is 20.8. The third-order valence-corrected chi connectivity index (χ3v) is 7.05. The van der Waals surface area contributed by atoms with E-state index in [1.165, 1.54) is 12.4 Å². The number of ether oxygens (including phenoxy) is 1. The van der Waals surface area contributed by atoms with Crippen molar-refractivity contribution >= 4 is 37.3 Å². The second-order valence-electron chi connectivity index (χ2n) is 8.92. The lowest BCUT2D eigenvalue weighted by Gasteiger charge is -2.29. The maximum atomic E-state index is 15.4. The summed E-state index contributed by atoms with van der Waals surface area (Å²) in [5, 5.41) is 12.9. The number of morpholine rings is 1. The van der Waals surface area contributed by atoms with Crippen LogP contribution in [0, 0.1) is 12.7 Å². The first-order chi connectivity index (χ1) is 16.9. The number of aryl methyl sites for hydroxylation is 1. The van der Waals surface area contributed by atoms with E-state index in [1.54, 1.807) is 19.2 Å². The van der Waals surface area contributed by atoms with Gasteiger partial charge in [0, 0.05) is 35.9 Å². The first-order valence-electron chi connectivity index (χ1n) is 11.7. The first-order valence-corrected chi connectivity index (χ1v) is 12.3. The van der Waals surface area contributed by atoms with Gasteiger partial charge in [-0.3, -0.25) is 4.99 Å². The van der Waals surface area contributed by atoms with Gasteiger partial charge in [0.1, 0.15) is 18.2 Å². The summed E-state index contributed by atoms with van der Waals surface area (Å²) in [5.41, 5.74) is 5.45. The molecule has 3 heterocycles. The minimum atomic E-state index is -0.970. The standard InChI is InChI=1S/C27H28FN4O2P/c1-16-5-3-4-6-29-25(16)27(33)19-14-20(21(28)11-17(19)2)26-24-22(30-15-31-26)12-18(13-23(24)35)32-7-9-34-10-8-32/h3-4,6,11-15,27,33H,5,7-10,35H2,1-2H3. The number of hydrogen-bond donors (Lipinski definition) is 1. The molecule has 35 heavy (non-hydrogen) atoms. The third-order valence-electron chi connectivity index (χ3n) is 6.59. The van der Waals surface area contributed by atoms with E-state index in [0.29, 0.717) is 47.7 Å². The van der Waals surface area contributed by atoms with Crippen LogP contribution < -0.4 is 10.2 Å². The number of hydrogen-bond acceptors (Lipinski definition) is 6. The van der Waals surface area contributed by atoms with Gasteiger partial charge in [-0.25, -0.2) is 14.4 Å². The Bertz CT molecular complexity index is 1380. The third kappa shape index (κ3) is 4.64. The minimum Gasteiger partial charge on any atom is -0.382 e. The Morgan fingerprint density at radius 1 is 1.11 bits per heavy atom. The maximum absolute atomic E-state index is 15.4. The number of benzene rings is 2. The van der Waals surface area contributed by atoms with Crippen LogP contribution in [0.3, 0.4) is 0 Å². The molecule has 8 heteroatoms. The van der Waals surface area contributed by atoms with Gasteiger partial charge in [-0.2, -0.15) is 0 Å². The Morgan fingerprint density at radius 2 is 1.91 bits per heavy atom. The molecule has 1 saturated heterocycles. The van der Waals surface area contributed by atoms with Crippen LogP contribution in [0.1, 0.15) is 30.6 Å². The van der Waals surface area contributed by atoms with Crippen LogP contribution in [-0.4, -0.2) is 47.6 Å². The smallest absolute Gasteiger partial charge is 0.132 e. The maximum Gasteiger partial charge on any atom is 0.132 e. The summed E-state index contributed by atoms with van der Waals surface area (Å²) in [7, 11) is 2.75. The zero-order chi connectivity index (χ0) is 24.5. The number of fused-ring (bicyclic) bond motifs is 1. The molecule has 5 rings (SSSR count). The number of rotatable bonds is 4. The topological polar surface area (TPSA) is 70.8 Å². The predicted octanol–water partition coefficient (Wildman–Crippen LogP) is 4.42. The van der Waals surface area contributed by atoms with Gasteiger partial charge in [-0.15, -0.1) is 9.24 Å². The van der Waals surface area contributed by atoms with Gasteiger partial charge < -0.3 is 14.7 Å². The molecule has 0 spiro atoms.